The van der Waals surface area contributed by atoms with Gasteiger partial charge in [-0.05, 0) is 68.8 Å². The third kappa shape index (κ3) is 3.55. The lowest BCUT2D eigenvalue weighted by molar-refractivity contribution is -0.143. The number of hydrogen-bond donors (Lipinski definition) is 0. The van der Waals surface area contributed by atoms with Crippen LogP contribution in [-0.2, 0) is 26.2 Å². The fraction of sp³-hybridized carbons (Fsp3) is 0.682. The van der Waals surface area contributed by atoms with Gasteiger partial charge in [-0.2, -0.15) is 9.50 Å². The number of ether oxygens (including phenoxy) is 2. The molecule has 11 heteroatoms. The van der Waals surface area contributed by atoms with E-state index in [0.717, 1.165) is 17.7 Å². The van der Waals surface area contributed by atoms with Crippen molar-refractivity contribution in [2.75, 3.05) is 19.7 Å². The maximum atomic E-state index is 13.6. The summed E-state index contributed by atoms with van der Waals surface area (Å²) >= 11 is 3.27. The summed E-state index contributed by atoms with van der Waals surface area (Å²) in [5.41, 5.74) is 0.536. The summed E-state index contributed by atoms with van der Waals surface area (Å²) in [5, 5.41) is 4.26. The average Bonchev–Trinajstić information content (AvgIpc) is 3.36. The summed E-state index contributed by atoms with van der Waals surface area (Å²) in [7, 11) is 0. The minimum atomic E-state index is -0.555. The highest BCUT2D eigenvalue weighted by molar-refractivity contribution is 9.10. The molecule has 3 heterocycles. The Morgan fingerprint density at radius 2 is 1.94 bits per heavy atom. The number of fused-ring (bicyclic) bond motifs is 6. The van der Waals surface area contributed by atoms with E-state index in [1.54, 1.807) is 11.8 Å². The summed E-state index contributed by atoms with van der Waals surface area (Å²) in [6, 6.07) is 0. The Hall–Kier alpha value is -2.43. The molecular formula is C22H28BrN5O5. The van der Waals surface area contributed by atoms with Crippen molar-refractivity contribution in [2.45, 2.75) is 70.4 Å². The zero-order valence-electron chi connectivity index (χ0n) is 19.3. The van der Waals surface area contributed by atoms with E-state index >= 15 is 0 Å². The molecular weight excluding hydrogens is 494 g/mol. The lowest BCUT2D eigenvalue weighted by atomic mass is 9.71. The largest absolute Gasteiger partial charge is 0.465 e. The standard InChI is InChI=1S/C22H28BrN5O5/c1-5-32-14(29)11-27-16-12-10-13(12)22(15(16)17(30)28-19(27)24-18(23)25-28)6-8-26(9-7-22)20(31)33-21(2,3)4/h12-13H,5-11H2,1-4H3. The molecule has 2 unspecified atom stereocenters. The van der Waals surface area contributed by atoms with E-state index in [2.05, 4.69) is 26.0 Å². The first kappa shape index (κ1) is 22.4. The quantitative estimate of drug-likeness (QED) is 0.571. The number of likely N-dealkylation sites (tertiary alicyclic amines) is 1. The number of carbonyl (C=O) groups excluding carboxylic acids is 2. The third-order valence-corrected chi connectivity index (χ3v) is 7.34. The van der Waals surface area contributed by atoms with Crippen molar-refractivity contribution in [3.63, 3.8) is 0 Å². The monoisotopic (exact) mass is 521 g/mol. The predicted molar refractivity (Wildman–Crippen MR) is 121 cm³/mol. The van der Waals surface area contributed by atoms with E-state index in [1.807, 2.05) is 25.3 Å². The van der Waals surface area contributed by atoms with Crippen LogP contribution < -0.4 is 5.56 Å². The molecule has 5 rings (SSSR count). The van der Waals surface area contributed by atoms with Crippen molar-refractivity contribution >= 4 is 33.8 Å². The van der Waals surface area contributed by atoms with E-state index in [-0.39, 0.29) is 42.1 Å². The Morgan fingerprint density at radius 1 is 1.24 bits per heavy atom. The smallest absolute Gasteiger partial charge is 0.410 e. The summed E-state index contributed by atoms with van der Waals surface area (Å²) in [6.07, 6.45) is 2.00. The molecule has 178 valence electrons. The van der Waals surface area contributed by atoms with E-state index in [0.29, 0.717) is 42.4 Å². The van der Waals surface area contributed by atoms with E-state index in [4.69, 9.17) is 9.47 Å². The molecule has 3 aliphatic rings. The summed E-state index contributed by atoms with van der Waals surface area (Å²) in [4.78, 5) is 44.8. The maximum absolute atomic E-state index is 13.6. The number of piperidine rings is 1. The Morgan fingerprint density at radius 3 is 2.58 bits per heavy atom. The minimum Gasteiger partial charge on any atom is -0.465 e. The lowest BCUT2D eigenvalue weighted by Gasteiger charge is -2.41. The second-order valence-corrected chi connectivity index (χ2v) is 10.8. The van der Waals surface area contributed by atoms with Crippen LogP contribution in [0.4, 0.5) is 4.79 Å². The Labute approximate surface area is 199 Å². The van der Waals surface area contributed by atoms with Gasteiger partial charge in [-0.25, -0.2) is 4.79 Å². The molecule has 1 aliphatic heterocycles. The van der Waals surface area contributed by atoms with Crippen LogP contribution in [0.15, 0.2) is 9.53 Å². The van der Waals surface area contributed by atoms with Gasteiger partial charge in [0.1, 0.15) is 12.1 Å². The van der Waals surface area contributed by atoms with Gasteiger partial charge in [0.25, 0.3) is 5.56 Å². The van der Waals surface area contributed by atoms with Crippen molar-refractivity contribution in [2.24, 2.45) is 5.92 Å². The Balaban J connectivity index is 1.54. The first-order valence-corrected chi connectivity index (χ1v) is 12.2. The van der Waals surface area contributed by atoms with Crippen LogP contribution in [0.2, 0.25) is 0 Å². The number of hydrogen-bond acceptors (Lipinski definition) is 7. The molecule has 1 spiro atoms. The summed E-state index contributed by atoms with van der Waals surface area (Å²) in [6.45, 7) is 8.63. The molecule has 10 nitrogen and oxygen atoms in total. The van der Waals surface area contributed by atoms with Crippen LogP contribution in [0.3, 0.4) is 0 Å². The van der Waals surface area contributed by atoms with Gasteiger partial charge in [-0.15, -0.1) is 5.10 Å². The molecule has 0 radical (unpaired) electrons. The Kier molecular flexibility index (Phi) is 5.11. The number of halogens is 1. The van der Waals surface area contributed by atoms with Gasteiger partial charge in [0.05, 0.1) is 6.61 Å². The SMILES string of the molecule is CCOC(=O)Cn1c2c(c(=O)n3nc(Br)nc13)C1(CCN(C(=O)OC(C)(C)C)CC1)C1CC21. The highest BCUT2D eigenvalue weighted by Crippen LogP contribution is 2.67. The maximum Gasteiger partial charge on any atom is 0.410 e. The molecule has 2 aromatic heterocycles. The van der Waals surface area contributed by atoms with Crippen molar-refractivity contribution in [1.29, 1.82) is 0 Å². The molecule has 1 saturated carbocycles. The van der Waals surface area contributed by atoms with E-state index < -0.39 is 5.60 Å². The molecule has 33 heavy (non-hydrogen) atoms. The molecule has 2 aromatic rings. The van der Waals surface area contributed by atoms with E-state index in [9.17, 15) is 14.4 Å². The number of nitrogens with zero attached hydrogens (tertiary/aromatic N) is 5. The average molecular weight is 522 g/mol. The zero-order chi connectivity index (χ0) is 23.7. The second-order valence-electron chi connectivity index (χ2n) is 10.1. The van der Waals surface area contributed by atoms with E-state index in [1.165, 1.54) is 4.52 Å². The van der Waals surface area contributed by atoms with Gasteiger partial charge in [0, 0.05) is 35.7 Å². The van der Waals surface area contributed by atoms with Gasteiger partial charge in [0.15, 0.2) is 0 Å². The number of rotatable bonds is 3. The topological polar surface area (TPSA) is 108 Å². The molecule has 1 amide bonds. The molecule has 2 atom stereocenters. The molecule has 0 bridgehead atoms. The van der Waals surface area contributed by atoms with Gasteiger partial charge >= 0.3 is 12.1 Å². The predicted octanol–water partition coefficient (Wildman–Crippen LogP) is 2.60. The van der Waals surface area contributed by atoms with Gasteiger partial charge in [-0.1, -0.05) is 0 Å². The lowest BCUT2D eigenvalue weighted by Crippen LogP contribution is -2.49. The van der Waals surface area contributed by atoms with Crippen molar-refractivity contribution in [3.05, 3.63) is 26.3 Å². The zero-order valence-corrected chi connectivity index (χ0v) is 20.8. The number of esters is 1. The number of carbonyl (C=O) groups is 2. The minimum absolute atomic E-state index is 0.0194. The third-order valence-electron chi connectivity index (χ3n) is 7.01. The van der Waals surface area contributed by atoms with Gasteiger partial charge in [-0.3, -0.25) is 9.59 Å². The second kappa shape index (κ2) is 7.54. The Bertz CT molecular complexity index is 1200. The van der Waals surface area contributed by atoms with Gasteiger partial charge in [0.2, 0.25) is 10.5 Å². The van der Waals surface area contributed by atoms with Crippen LogP contribution in [0.25, 0.3) is 5.78 Å². The molecule has 0 aromatic carbocycles. The molecule has 2 fully saturated rings. The normalized spacial score (nSPS) is 22.9. The first-order chi connectivity index (χ1) is 15.6. The highest BCUT2D eigenvalue weighted by Gasteiger charge is 2.64. The fourth-order valence-electron chi connectivity index (χ4n) is 5.72. The molecule has 1 saturated heterocycles. The van der Waals surface area contributed by atoms with Crippen molar-refractivity contribution in [1.82, 2.24) is 24.1 Å². The summed E-state index contributed by atoms with van der Waals surface area (Å²) in [5.74, 6) is 0.496. The van der Waals surface area contributed by atoms with Crippen LogP contribution in [0.5, 0.6) is 0 Å². The van der Waals surface area contributed by atoms with Crippen LogP contribution in [0, 0.1) is 5.92 Å². The molecule has 2 aliphatic carbocycles. The number of aromatic nitrogens is 4. The van der Waals surface area contributed by atoms with Crippen LogP contribution in [0.1, 0.15) is 64.1 Å². The first-order valence-electron chi connectivity index (χ1n) is 11.4. The molecule has 0 N–H and O–H groups in total. The van der Waals surface area contributed by atoms with Crippen molar-refractivity contribution < 1.29 is 19.1 Å². The highest BCUT2D eigenvalue weighted by atomic mass is 79.9. The van der Waals surface area contributed by atoms with Crippen LogP contribution >= 0.6 is 15.9 Å². The summed E-state index contributed by atoms with van der Waals surface area (Å²) < 4.78 is 14.1. The van der Waals surface area contributed by atoms with Crippen molar-refractivity contribution in [3.8, 4) is 0 Å². The fourth-order valence-corrected chi connectivity index (χ4v) is 6.04. The van der Waals surface area contributed by atoms with Gasteiger partial charge < -0.3 is 18.9 Å². The van der Waals surface area contributed by atoms with Crippen LogP contribution in [-0.4, -0.2) is 61.4 Å². The number of amides is 1.